The van der Waals surface area contributed by atoms with Gasteiger partial charge < -0.3 is 10.6 Å². The van der Waals surface area contributed by atoms with E-state index in [9.17, 15) is 17.6 Å². The number of hydrogen-bond donors (Lipinski definition) is 2. The summed E-state index contributed by atoms with van der Waals surface area (Å²) in [6, 6.07) is 7.36. The van der Waals surface area contributed by atoms with Crippen LogP contribution in [0.25, 0.3) is 0 Å². The van der Waals surface area contributed by atoms with Crippen LogP contribution in [0.5, 0.6) is 0 Å². The summed E-state index contributed by atoms with van der Waals surface area (Å²) in [6.07, 6.45) is 0. The number of carbonyl (C=O) groups excluding carboxylic acids is 1. The first kappa shape index (κ1) is 19.4. The van der Waals surface area contributed by atoms with E-state index in [0.717, 1.165) is 46.3 Å². The fourth-order valence-corrected chi connectivity index (χ4v) is 4.91. The number of carbonyl (C=O) groups is 1. The van der Waals surface area contributed by atoms with Gasteiger partial charge in [-0.2, -0.15) is 8.42 Å². The molecule has 27 heavy (non-hydrogen) atoms. The van der Waals surface area contributed by atoms with Crippen molar-refractivity contribution in [1.29, 1.82) is 0 Å². The summed E-state index contributed by atoms with van der Waals surface area (Å²) in [4.78, 5) is 12.1. The zero-order chi connectivity index (χ0) is 19.8. The van der Waals surface area contributed by atoms with Gasteiger partial charge in [-0.15, -0.1) is 4.40 Å². The highest BCUT2D eigenvalue weighted by molar-refractivity contribution is 8.15. The maximum atomic E-state index is 13.3. The molecule has 1 aliphatic rings. The Morgan fingerprint density at radius 3 is 2.52 bits per heavy atom. The molecule has 3 rings (SSSR count). The predicted molar refractivity (Wildman–Crippen MR) is 106 cm³/mol. The van der Waals surface area contributed by atoms with Crippen LogP contribution in [-0.4, -0.2) is 25.2 Å². The standard InChI is InChI=1S/C18H18FN3O3S2/c1-10-6-11(2)17(12(3)7-10)21-16(23)9-26-18-20-14-5-4-13(19)8-15(14)27(24,25)22-18/h4-8H,9H2,1-3H3,(H,20,22)(H,21,23). The van der Waals surface area contributed by atoms with Crippen LogP contribution in [0.2, 0.25) is 0 Å². The van der Waals surface area contributed by atoms with Gasteiger partial charge in [-0.1, -0.05) is 29.5 Å². The van der Waals surface area contributed by atoms with Crippen molar-refractivity contribution in [3.8, 4) is 0 Å². The van der Waals surface area contributed by atoms with Crippen LogP contribution in [0.3, 0.4) is 0 Å². The molecule has 2 aromatic rings. The van der Waals surface area contributed by atoms with E-state index in [1.54, 1.807) is 0 Å². The highest BCUT2D eigenvalue weighted by atomic mass is 32.2. The first-order valence-electron chi connectivity index (χ1n) is 8.08. The second-order valence-electron chi connectivity index (χ2n) is 6.25. The number of rotatable bonds is 3. The van der Waals surface area contributed by atoms with Crippen LogP contribution in [0.15, 0.2) is 39.6 Å². The molecule has 0 saturated heterocycles. The Morgan fingerprint density at radius 2 is 1.85 bits per heavy atom. The third-order valence-electron chi connectivity index (χ3n) is 3.95. The highest BCUT2D eigenvalue weighted by Gasteiger charge is 2.26. The van der Waals surface area contributed by atoms with Gasteiger partial charge in [0, 0.05) is 5.69 Å². The maximum absolute atomic E-state index is 13.3. The molecule has 0 spiro atoms. The summed E-state index contributed by atoms with van der Waals surface area (Å²) in [7, 11) is -4.01. The number of thioether (sulfide) groups is 1. The molecule has 0 atom stereocenters. The average Bonchev–Trinajstić information content (AvgIpc) is 2.56. The van der Waals surface area contributed by atoms with Gasteiger partial charge in [-0.25, -0.2) is 4.39 Å². The molecule has 1 aliphatic heterocycles. The molecule has 0 unspecified atom stereocenters. The van der Waals surface area contributed by atoms with E-state index < -0.39 is 15.8 Å². The minimum absolute atomic E-state index is 0.0232. The van der Waals surface area contributed by atoms with E-state index in [4.69, 9.17) is 0 Å². The van der Waals surface area contributed by atoms with Crippen molar-refractivity contribution in [2.24, 2.45) is 4.40 Å². The number of nitrogens with zero attached hydrogens (tertiary/aromatic N) is 1. The number of benzene rings is 2. The lowest BCUT2D eigenvalue weighted by molar-refractivity contribution is -0.113. The third-order valence-corrected chi connectivity index (χ3v) is 6.25. The Labute approximate surface area is 161 Å². The van der Waals surface area contributed by atoms with Crippen molar-refractivity contribution in [2.75, 3.05) is 16.4 Å². The van der Waals surface area contributed by atoms with Crippen molar-refractivity contribution in [1.82, 2.24) is 0 Å². The summed E-state index contributed by atoms with van der Waals surface area (Å²) < 4.78 is 41.3. The fraction of sp³-hybridized carbons (Fsp3) is 0.222. The van der Waals surface area contributed by atoms with Crippen molar-refractivity contribution >= 4 is 44.2 Å². The van der Waals surface area contributed by atoms with Crippen LogP contribution in [-0.2, 0) is 14.8 Å². The molecule has 0 fully saturated rings. The Balaban J connectivity index is 1.70. The summed E-state index contributed by atoms with van der Waals surface area (Å²) in [6.45, 7) is 5.81. The average molecular weight is 407 g/mol. The summed E-state index contributed by atoms with van der Waals surface area (Å²) >= 11 is 0.964. The number of amides is 1. The Kier molecular flexibility index (Phi) is 5.25. The van der Waals surface area contributed by atoms with Gasteiger partial charge in [-0.3, -0.25) is 4.79 Å². The quantitative estimate of drug-likeness (QED) is 0.812. The van der Waals surface area contributed by atoms with Crippen LogP contribution in [0.1, 0.15) is 16.7 Å². The van der Waals surface area contributed by atoms with Crippen LogP contribution < -0.4 is 10.6 Å². The smallest absolute Gasteiger partial charge is 0.286 e. The van der Waals surface area contributed by atoms with Gasteiger partial charge in [-0.05, 0) is 50.1 Å². The van der Waals surface area contributed by atoms with Crippen LogP contribution >= 0.6 is 11.8 Å². The molecule has 2 aromatic carbocycles. The SMILES string of the molecule is Cc1cc(C)c(NC(=O)CSC2=NS(=O)(=O)c3cc(F)ccc3N2)c(C)c1. The number of amidine groups is 1. The number of anilines is 2. The topological polar surface area (TPSA) is 87.6 Å². The minimum Gasteiger partial charge on any atom is -0.333 e. The monoisotopic (exact) mass is 407 g/mol. The number of hydrogen-bond acceptors (Lipinski definition) is 5. The second kappa shape index (κ2) is 7.32. The molecule has 0 aromatic heterocycles. The number of halogens is 1. The fourth-order valence-electron chi connectivity index (χ4n) is 2.86. The summed E-state index contributed by atoms with van der Waals surface area (Å²) in [5.41, 5.74) is 4.01. The Bertz CT molecular complexity index is 1040. The van der Waals surface area contributed by atoms with Crippen LogP contribution in [0, 0.1) is 26.6 Å². The van der Waals surface area contributed by atoms with Crippen molar-refractivity contribution < 1.29 is 17.6 Å². The molecule has 142 valence electrons. The third kappa shape index (κ3) is 4.30. The van der Waals surface area contributed by atoms with Gasteiger partial charge in [0.2, 0.25) is 5.91 Å². The Morgan fingerprint density at radius 1 is 1.19 bits per heavy atom. The molecular formula is C18H18FN3O3S2. The normalized spacial score (nSPS) is 14.7. The molecule has 1 heterocycles. The molecular weight excluding hydrogens is 389 g/mol. The highest BCUT2D eigenvalue weighted by Crippen LogP contribution is 2.30. The number of aryl methyl sites for hydroxylation is 3. The van der Waals surface area contributed by atoms with Gasteiger partial charge in [0.15, 0.2) is 5.17 Å². The number of nitrogens with one attached hydrogen (secondary N) is 2. The summed E-state index contributed by atoms with van der Waals surface area (Å²) in [5, 5.41) is 5.74. The van der Waals surface area contributed by atoms with E-state index in [0.29, 0.717) is 0 Å². The van der Waals surface area contributed by atoms with E-state index in [2.05, 4.69) is 15.0 Å². The largest absolute Gasteiger partial charge is 0.333 e. The minimum atomic E-state index is -4.01. The number of fused-ring (bicyclic) bond motifs is 1. The van der Waals surface area contributed by atoms with E-state index in [-0.39, 0.29) is 27.4 Å². The van der Waals surface area contributed by atoms with Crippen molar-refractivity contribution in [2.45, 2.75) is 25.7 Å². The van der Waals surface area contributed by atoms with Crippen LogP contribution in [0.4, 0.5) is 15.8 Å². The van der Waals surface area contributed by atoms with E-state index >= 15 is 0 Å². The lowest BCUT2D eigenvalue weighted by Crippen LogP contribution is -2.22. The zero-order valence-corrected chi connectivity index (χ0v) is 16.6. The van der Waals surface area contributed by atoms with Gasteiger partial charge in [0.25, 0.3) is 10.0 Å². The molecule has 1 amide bonds. The van der Waals surface area contributed by atoms with Crippen molar-refractivity contribution in [3.63, 3.8) is 0 Å². The predicted octanol–water partition coefficient (Wildman–Crippen LogP) is 3.59. The molecule has 0 bridgehead atoms. The molecule has 2 N–H and O–H groups in total. The molecule has 9 heteroatoms. The van der Waals surface area contributed by atoms with Gasteiger partial charge >= 0.3 is 0 Å². The first-order chi connectivity index (χ1) is 12.7. The molecule has 0 aliphatic carbocycles. The Hall–Kier alpha value is -2.39. The molecule has 0 saturated carbocycles. The zero-order valence-electron chi connectivity index (χ0n) is 15.0. The number of sulfonamides is 1. The summed E-state index contributed by atoms with van der Waals surface area (Å²) in [5.74, 6) is -0.958. The molecule has 6 nitrogen and oxygen atoms in total. The second-order valence-corrected chi connectivity index (χ2v) is 8.78. The van der Waals surface area contributed by atoms with Gasteiger partial charge in [0.05, 0.1) is 11.4 Å². The van der Waals surface area contributed by atoms with E-state index in [1.807, 2.05) is 32.9 Å². The molecule has 0 radical (unpaired) electrons. The lowest BCUT2D eigenvalue weighted by atomic mass is 10.1. The van der Waals surface area contributed by atoms with Crippen molar-refractivity contribution in [3.05, 3.63) is 52.8 Å². The maximum Gasteiger partial charge on any atom is 0.286 e. The lowest BCUT2D eigenvalue weighted by Gasteiger charge is -2.18. The van der Waals surface area contributed by atoms with E-state index in [1.165, 1.54) is 6.07 Å². The van der Waals surface area contributed by atoms with Gasteiger partial charge in [0.1, 0.15) is 10.7 Å². The first-order valence-corrected chi connectivity index (χ1v) is 10.5.